The molecule has 150 valence electrons. The number of rotatable bonds is 4. The number of nitrogens with one attached hydrogen (secondary N) is 2. The maximum atomic E-state index is 4.86. The topological polar surface area (TPSA) is 88.8 Å². The normalized spacial score (nSPS) is 30.1. The van der Waals surface area contributed by atoms with Crippen LogP contribution in [0.3, 0.4) is 0 Å². The van der Waals surface area contributed by atoms with Crippen LogP contribution >= 0.6 is 0 Å². The second-order valence-corrected chi connectivity index (χ2v) is 9.36. The monoisotopic (exact) mass is 390 g/mol. The Bertz CT molecular complexity index is 1050. The molecule has 0 amide bonds. The zero-order valence-electron chi connectivity index (χ0n) is 16.9. The molecule has 4 bridgehead atoms. The van der Waals surface area contributed by atoms with Gasteiger partial charge in [-0.25, -0.2) is 14.6 Å². The number of benzene rings is 1. The van der Waals surface area contributed by atoms with Crippen LogP contribution in [0.4, 0.5) is 17.3 Å². The minimum Gasteiger partial charge on any atom is -0.364 e. The highest BCUT2D eigenvalue weighted by Crippen LogP contribution is 2.54. The van der Waals surface area contributed by atoms with E-state index in [1.165, 1.54) is 43.2 Å². The second-order valence-electron chi connectivity index (χ2n) is 9.36. The lowest BCUT2D eigenvalue weighted by atomic mass is 9.54. The van der Waals surface area contributed by atoms with E-state index < -0.39 is 0 Å². The summed E-state index contributed by atoms with van der Waals surface area (Å²) in [5.74, 6) is 4.81. The third-order valence-corrected chi connectivity index (χ3v) is 7.41. The molecule has 4 fully saturated rings. The Kier molecular flexibility index (Phi) is 3.79. The molecule has 0 radical (unpaired) electrons. The molecule has 2 N–H and O–H groups in total. The molecule has 7 heteroatoms. The van der Waals surface area contributed by atoms with Crippen molar-refractivity contribution >= 4 is 28.6 Å². The van der Waals surface area contributed by atoms with E-state index in [1.807, 2.05) is 0 Å². The van der Waals surface area contributed by atoms with Crippen LogP contribution in [0.25, 0.3) is 11.3 Å². The predicted molar refractivity (Wildman–Crippen MR) is 111 cm³/mol. The Morgan fingerprint density at radius 1 is 0.828 bits per heavy atom. The van der Waals surface area contributed by atoms with Gasteiger partial charge in [-0.15, -0.1) is 0 Å². The van der Waals surface area contributed by atoms with Crippen LogP contribution in [0.15, 0.2) is 22.8 Å². The highest BCUT2D eigenvalue weighted by atomic mass is 16.6. The summed E-state index contributed by atoms with van der Waals surface area (Å²) in [7, 11) is 0. The Morgan fingerprint density at radius 2 is 1.48 bits per heavy atom. The number of hydrogen-bond donors (Lipinski definition) is 2. The smallest absolute Gasteiger partial charge is 0.245 e. The summed E-state index contributed by atoms with van der Waals surface area (Å²) in [6.07, 6.45) is 6.87. The average Bonchev–Trinajstić information content (AvgIpc) is 3.14. The van der Waals surface area contributed by atoms with Gasteiger partial charge in [0, 0.05) is 11.7 Å². The molecule has 0 unspecified atom stereocenters. The molecular formula is C22H26N6O. The van der Waals surface area contributed by atoms with Crippen molar-refractivity contribution < 1.29 is 4.63 Å². The van der Waals surface area contributed by atoms with Gasteiger partial charge in [-0.3, -0.25) is 0 Å². The third kappa shape index (κ3) is 2.94. The Balaban J connectivity index is 1.34. The highest BCUT2D eigenvalue weighted by molar-refractivity contribution is 5.76. The third-order valence-electron chi connectivity index (χ3n) is 7.41. The average molecular weight is 390 g/mol. The zero-order chi connectivity index (χ0) is 19.5. The van der Waals surface area contributed by atoms with Crippen molar-refractivity contribution in [2.24, 2.45) is 23.7 Å². The molecule has 7 nitrogen and oxygen atoms in total. The van der Waals surface area contributed by atoms with Gasteiger partial charge in [0.2, 0.25) is 11.3 Å². The van der Waals surface area contributed by atoms with E-state index in [0.29, 0.717) is 23.2 Å². The van der Waals surface area contributed by atoms with Crippen LogP contribution in [-0.2, 0) is 0 Å². The number of aryl methyl sites for hydroxylation is 2. The predicted octanol–water partition coefficient (Wildman–Crippen LogP) is 4.61. The second kappa shape index (κ2) is 6.40. The number of anilines is 3. The van der Waals surface area contributed by atoms with E-state index in [2.05, 4.69) is 58.0 Å². The maximum absolute atomic E-state index is 4.86. The first-order valence-electron chi connectivity index (χ1n) is 10.7. The van der Waals surface area contributed by atoms with Crippen LogP contribution in [0.2, 0.25) is 0 Å². The maximum Gasteiger partial charge on any atom is 0.245 e. The lowest BCUT2D eigenvalue weighted by Gasteiger charge is -2.54. The summed E-state index contributed by atoms with van der Waals surface area (Å²) < 4.78 is 4.86. The first-order valence-corrected chi connectivity index (χ1v) is 10.7. The van der Waals surface area contributed by atoms with Crippen molar-refractivity contribution in [1.29, 1.82) is 0 Å². The molecule has 0 atom stereocenters. The molecule has 2 heterocycles. The molecule has 2 aromatic heterocycles. The van der Waals surface area contributed by atoms with Crippen molar-refractivity contribution in [2.75, 3.05) is 10.6 Å². The highest BCUT2D eigenvalue weighted by Gasteiger charge is 2.48. The summed E-state index contributed by atoms with van der Waals surface area (Å²) in [5, 5.41) is 15.0. The molecule has 0 spiro atoms. The number of hydrogen-bond acceptors (Lipinski definition) is 7. The number of aromatic nitrogens is 4. The van der Waals surface area contributed by atoms with Crippen molar-refractivity contribution in [3.05, 3.63) is 29.3 Å². The Labute approximate surface area is 169 Å². The molecule has 29 heavy (non-hydrogen) atoms. The van der Waals surface area contributed by atoms with E-state index in [1.54, 1.807) is 0 Å². The zero-order valence-corrected chi connectivity index (χ0v) is 16.9. The van der Waals surface area contributed by atoms with Gasteiger partial charge in [-0.1, -0.05) is 6.07 Å². The number of fused-ring (bicyclic) bond motifs is 1. The lowest BCUT2D eigenvalue weighted by Crippen LogP contribution is -2.51. The fourth-order valence-corrected chi connectivity index (χ4v) is 6.10. The fraction of sp³-hybridized carbons (Fsp3) is 0.545. The summed E-state index contributed by atoms with van der Waals surface area (Å²) in [4.78, 5) is 9.38. The van der Waals surface area contributed by atoms with E-state index in [4.69, 9.17) is 9.61 Å². The summed E-state index contributed by atoms with van der Waals surface area (Å²) in [5.41, 5.74) is 4.37. The molecular weight excluding hydrogens is 364 g/mol. The van der Waals surface area contributed by atoms with Crippen LogP contribution < -0.4 is 10.6 Å². The molecule has 0 aliphatic heterocycles. The standard InChI is InChI=1S/C22H26N6O/c1-11-3-4-17(5-12(11)2)23-19-20(26-22-21(25-19)27-29-28-22)24-18-15-7-13-6-14(9-15)10-16(18)8-13/h3-5,13-16,18H,6-10H2,1-2H3,(H,23,25,27)(H,24,26,28). The van der Waals surface area contributed by atoms with E-state index in [0.717, 1.165) is 35.2 Å². The lowest BCUT2D eigenvalue weighted by molar-refractivity contribution is 0.00744. The van der Waals surface area contributed by atoms with Gasteiger partial charge in [0.05, 0.1) is 0 Å². The minimum atomic E-state index is 0.423. The summed E-state index contributed by atoms with van der Waals surface area (Å²) in [6, 6.07) is 6.79. The first-order chi connectivity index (χ1) is 14.1. The van der Waals surface area contributed by atoms with E-state index in [-0.39, 0.29) is 0 Å². The van der Waals surface area contributed by atoms with E-state index in [9.17, 15) is 0 Å². The molecule has 4 aliphatic rings. The van der Waals surface area contributed by atoms with Crippen LogP contribution in [-0.4, -0.2) is 26.3 Å². The Hall–Kier alpha value is -2.70. The van der Waals surface area contributed by atoms with Gasteiger partial charge >= 0.3 is 0 Å². The molecule has 0 saturated heterocycles. The molecule has 1 aromatic carbocycles. The van der Waals surface area contributed by atoms with Crippen LogP contribution in [0.1, 0.15) is 43.2 Å². The van der Waals surface area contributed by atoms with Gasteiger partial charge in [-0.05, 0) is 103 Å². The van der Waals surface area contributed by atoms with Crippen molar-refractivity contribution in [2.45, 2.75) is 52.0 Å². The fourth-order valence-electron chi connectivity index (χ4n) is 6.10. The van der Waals surface area contributed by atoms with Crippen LogP contribution in [0, 0.1) is 37.5 Å². The quantitative estimate of drug-likeness (QED) is 0.672. The molecule has 7 rings (SSSR count). The van der Waals surface area contributed by atoms with Gasteiger partial charge in [0.25, 0.3) is 0 Å². The van der Waals surface area contributed by atoms with Crippen molar-refractivity contribution in [3.63, 3.8) is 0 Å². The minimum absolute atomic E-state index is 0.423. The van der Waals surface area contributed by atoms with Crippen molar-refractivity contribution in [3.8, 4) is 0 Å². The molecule has 3 aromatic rings. The van der Waals surface area contributed by atoms with Crippen molar-refractivity contribution in [1.82, 2.24) is 20.3 Å². The van der Waals surface area contributed by atoms with E-state index >= 15 is 0 Å². The Morgan fingerprint density at radius 3 is 2.14 bits per heavy atom. The molecule has 4 aliphatic carbocycles. The van der Waals surface area contributed by atoms with Gasteiger partial charge in [0.1, 0.15) is 0 Å². The van der Waals surface area contributed by atoms with Gasteiger partial charge in [0.15, 0.2) is 11.6 Å². The van der Waals surface area contributed by atoms with Gasteiger partial charge in [-0.2, -0.15) is 0 Å². The largest absolute Gasteiger partial charge is 0.364 e. The first kappa shape index (κ1) is 17.2. The summed E-state index contributed by atoms with van der Waals surface area (Å²) in [6.45, 7) is 4.23. The molecule has 4 saturated carbocycles. The summed E-state index contributed by atoms with van der Waals surface area (Å²) >= 11 is 0. The number of nitrogens with zero attached hydrogens (tertiary/aromatic N) is 4. The van der Waals surface area contributed by atoms with Crippen LogP contribution in [0.5, 0.6) is 0 Å². The van der Waals surface area contributed by atoms with Gasteiger partial charge < -0.3 is 10.6 Å². The SMILES string of the molecule is Cc1ccc(Nc2nc3nonc3nc2NC2C3CC4CC(C3)CC2C4)cc1C.